The molecule has 4 heterocycles. The topological polar surface area (TPSA) is 153 Å². The number of pyridine rings is 1. The summed E-state index contributed by atoms with van der Waals surface area (Å²) < 4.78 is 44.2. The third-order valence-electron chi connectivity index (χ3n) is 6.23. The van der Waals surface area contributed by atoms with E-state index in [1.165, 1.54) is 23.2 Å². The van der Waals surface area contributed by atoms with Crippen LogP contribution in [0, 0.1) is 6.92 Å². The second-order valence-electron chi connectivity index (χ2n) is 9.11. The molecule has 206 valence electrons. The van der Waals surface area contributed by atoms with Crippen molar-refractivity contribution in [3.8, 4) is 5.75 Å². The fourth-order valence-electron chi connectivity index (χ4n) is 4.29. The van der Waals surface area contributed by atoms with Crippen molar-refractivity contribution < 1.29 is 37.7 Å². The minimum absolute atomic E-state index is 0.133. The number of carbonyl (C=O) groups is 2. The number of rotatable bonds is 7. The molecule has 38 heavy (non-hydrogen) atoms. The number of piperidine rings is 1. The van der Waals surface area contributed by atoms with Gasteiger partial charge in [0, 0.05) is 13.1 Å². The number of aromatic nitrogens is 3. The molecule has 2 aliphatic rings. The molecule has 2 aromatic rings. The van der Waals surface area contributed by atoms with Crippen LogP contribution in [-0.4, -0.2) is 87.8 Å². The first-order chi connectivity index (χ1) is 18.0. The Bertz CT molecular complexity index is 1180. The number of anilines is 3. The van der Waals surface area contributed by atoms with E-state index < -0.39 is 42.7 Å². The van der Waals surface area contributed by atoms with Crippen LogP contribution in [0.2, 0.25) is 0 Å². The van der Waals surface area contributed by atoms with Crippen LogP contribution in [0.15, 0.2) is 18.3 Å². The highest BCUT2D eigenvalue weighted by atomic mass is 19.4. The second kappa shape index (κ2) is 10.9. The number of nitrogens with one attached hydrogen (secondary N) is 2. The van der Waals surface area contributed by atoms with Gasteiger partial charge < -0.3 is 25.2 Å². The van der Waals surface area contributed by atoms with Gasteiger partial charge in [-0.05, 0) is 38.8 Å². The SMILES string of the molecule is Cc1nc(C(=O)NC(C)C(F)(F)F)nc2c1N1CCC[C@@H](C1)N2C(=O)Nc1ccc(OCC(O)CO)cn1. The molecule has 4 rings (SSSR count). The molecule has 2 bridgehead atoms. The highest BCUT2D eigenvalue weighted by Crippen LogP contribution is 2.40. The number of ether oxygens (including phenoxy) is 1. The van der Waals surface area contributed by atoms with Gasteiger partial charge in [-0.2, -0.15) is 13.2 Å². The number of amides is 3. The molecule has 0 spiro atoms. The number of nitrogens with zero attached hydrogens (tertiary/aromatic N) is 5. The lowest BCUT2D eigenvalue weighted by Crippen LogP contribution is -2.56. The predicted molar refractivity (Wildman–Crippen MR) is 129 cm³/mol. The normalized spacial score (nSPS) is 18.3. The average Bonchev–Trinajstić information content (AvgIpc) is 2.87. The molecule has 12 nitrogen and oxygen atoms in total. The Morgan fingerprint density at radius 2 is 2.05 bits per heavy atom. The molecule has 15 heteroatoms. The summed E-state index contributed by atoms with van der Waals surface area (Å²) in [5.41, 5.74) is 0.901. The lowest BCUT2D eigenvalue weighted by molar-refractivity contribution is -0.149. The van der Waals surface area contributed by atoms with Crippen LogP contribution >= 0.6 is 0 Å². The summed E-state index contributed by atoms with van der Waals surface area (Å²) >= 11 is 0. The van der Waals surface area contributed by atoms with Crippen LogP contribution in [0.3, 0.4) is 0 Å². The zero-order valence-electron chi connectivity index (χ0n) is 20.7. The predicted octanol–water partition coefficient (Wildman–Crippen LogP) is 1.61. The maximum atomic E-state index is 13.4. The minimum atomic E-state index is -4.64. The van der Waals surface area contributed by atoms with E-state index in [4.69, 9.17) is 9.84 Å². The molecule has 3 atom stereocenters. The Labute approximate surface area is 215 Å². The number of aryl methyl sites for hydroxylation is 1. The number of alkyl halides is 3. The monoisotopic (exact) mass is 539 g/mol. The second-order valence-corrected chi connectivity index (χ2v) is 9.11. The molecular weight excluding hydrogens is 511 g/mol. The Hall–Kier alpha value is -3.72. The smallest absolute Gasteiger partial charge is 0.408 e. The van der Waals surface area contributed by atoms with Crippen molar-refractivity contribution in [2.45, 2.75) is 51.1 Å². The van der Waals surface area contributed by atoms with Crippen LogP contribution in [0.25, 0.3) is 0 Å². The molecule has 0 radical (unpaired) electrons. The quantitative estimate of drug-likeness (QED) is 0.411. The summed E-state index contributed by atoms with van der Waals surface area (Å²) in [4.78, 5) is 41.9. The number of hydrogen-bond acceptors (Lipinski definition) is 9. The van der Waals surface area contributed by atoms with Crippen molar-refractivity contribution in [1.82, 2.24) is 20.3 Å². The summed E-state index contributed by atoms with van der Waals surface area (Å²) in [7, 11) is 0. The first-order valence-corrected chi connectivity index (χ1v) is 12.0. The van der Waals surface area contributed by atoms with E-state index in [0.717, 1.165) is 13.3 Å². The lowest BCUT2D eigenvalue weighted by Gasteiger charge is -2.46. The molecule has 0 aliphatic carbocycles. The third-order valence-corrected chi connectivity index (χ3v) is 6.23. The molecular formula is C23H28F3N7O5. The van der Waals surface area contributed by atoms with E-state index >= 15 is 0 Å². The van der Waals surface area contributed by atoms with Gasteiger partial charge >= 0.3 is 12.2 Å². The number of fused-ring (bicyclic) bond motifs is 4. The van der Waals surface area contributed by atoms with Gasteiger partial charge in [0.25, 0.3) is 5.91 Å². The van der Waals surface area contributed by atoms with Crippen LogP contribution in [0.5, 0.6) is 5.75 Å². The first kappa shape index (κ1) is 27.3. The largest absolute Gasteiger partial charge is 0.489 e. The lowest BCUT2D eigenvalue weighted by atomic mass is 9.99. The number of aliphatic hydroxyl groups excluding tert-OH is 2. The highest BCUT2D eigenvalue weighted by molar-refractivity contribution is 6.04. The van der Waals surface area contributed by atoms with Crippen molar-refractivity contribution in [2.24, 2.45) is 0 Å². The number of carbonyl (C=O) groups excluding carboxylic acids is 2. The molecule has 2 unspecified atom stereocenters. The standard InChI is InChI=1S/C23H28F3N7O5/c1-12-18-20(31-19(28-12)21(36)29-13(2)23(24,25)26)33(14-4-3-7-32(18)9-14)22(37)30-17-6-5-16(8-27-17)38-11-15(35)10-34/h5-6,8,13-15,34-35H,3-4,7,9-11H2,1-2H3,(H,29,36)(H,27,30,37)/t13?,14-,15?/m0/s1. The molecule has 1 fully saturated rings. The summed E-state index contributed by atoms with van der Waals surface area (Å²) in [5.74, 6) is -0.938. The van der Waals surface area contributed by atoms with Gasteiger partial charge in [-0.1, -0.05) is 0 Å². The van der Waals surface area contributed by atoms with Crippen molar-refractivity contribution in [1.29, 1.82) is 0 Å². The van der Waals surface area contributed by atoms with E-state index in [2.05, 4.69) is 20.3 Å². The molecule has 0 aromatic carbocycles. The van der Waals surface area contributed by atoms with Gasteiger partial charge in [0.05, 0.1) is 24.5 Å². The van der Waals surface area contributed by atoms with Gasteiger partial charge in [-0.25, -0.2) is 19.7 Å². The Morgan fingerprint density at radius 1 is 1.29 bits per heavy atom. The average molecular weight is 540 g/mol. The maximum absolute atomic E-state index is 13.4. The number of hydrogen-bond donors (Lipinski definition) is 4. The van der Waals surface area contributed by atoms with Gasteiger partial charge in [0.1, 0.15) is 36.0 Å². The Morgan fingerprint density at radius 3 is 2.71 bits per heavy atom. The van der Waals surface area contributed by atoms with E-state index in [9.17, 15) is 27.9 Å². The molecule has 3 amide bonds. The van der Waals surface area contributed by atoms with Gasteiger partial charge in [0.15, 0.2) is 5.82 Å². The fourth-order valence-corrected chi connectivity index (χ4v) is 4.29. The van der Waals surface area contributed by atoms with Crippen molar-refractivity contribution >= 4 is 29.3 Å². The molecule has 4 N–H and O–H groups in total. The third kappa shape index (κ3) is 5.88. The number of aliphatic hydroxyl groups is 2. The maximum Gasteiger partial charge on any atom is 0.408 e. The van der Waals surface area contributed by atoms with E-state index in [0.29, 0.717) is 36.6 Å². The van der Waals surface area contributed by atoms with E-state index in [1.807, 2.05) is 10.2 Å². The van der Waals surface area contributed by atoms with Gasteiger partial charge in [-0.3, -0.25) is 15.0 Å². The van der Waals surface area contributed by atoms with Crippen LogP contribution in [0.1, 0.15) is 36.1 Å². The van der Waals surface area contributed by atoms with Crippen molar-refractivity contribution in [3.63, 3.8) is 0 Å². The van der Waals surface area contributed by atoms with Crippen LogP contribution in [-0.2, 0) is 0 Å². The summed E-state index contributed by atoms with van der Waals surface area (Å²) in [5, 5.41) is 22.8. The van der Waals surface area contributed by atoms with Gasteiger partial charge in [0.2, 0.25) is 5.82 Å². The van der Waals surface area contributed by atoms with Crippen molar-refractivity contribution in [2.75, 3.05) is 41.4 Å². The Kier molecular flexibility index (Phi) is 7.87. The minimum Gasteiger partial charge on any atom is -0.489 e. The highest BCUT2D eigenvalue weighted by Gasteiger charge is 2.41. The number of urea groups is 1. The van der Waals surface area contributed by atoms with Crippen LogP contribution < -0.4 is 25.2 Å². The summed E-state index contributed by atoms with van der Waals surface area (Å²) in [6.45, 7) is 3.04. The van der Waals surface area contributed by atoms with Crippen LogP contribution in [0.4, 0.5) is 35.3 Å². The molecule has 1 saturated heterocycles. The number of halogens is 3. The van der Waals surface area contributed by atoms with E-state index in [1.54, 1.807) is 6.92 Å². The zero-order valence-corrected chi connectivity index (χ0v) is 20.7. The fraction of sp³-hybridized carbons (Fsp3) is 0.522. The summed E-state index contributed by atoms with van der Waals surface area (Å²) in [6, 6.07) is 0.0259. The summed E-state index contributed by atoms with van der Waals surface area (Å²) in [6.07, 6.45) is -2.89. The molecule has 2 aromatic heterocycles. The first-order valence-electron chi connectivity index (χ1n) is 12.0. The van der Waals surface area contributed by atoms with Crippen molar-refractivity contribution in [3.05, 3.63) is 29.8 Å². The molecule has 2 aliphatic heterocycles. The Balaban J connectivity index is 1.58. The van der Waals surface area contributed by atoms with Gasteiger partial charge in [-0.15, -0.1) is 0 Å². The molecule has 0 saturated carbocycles. The van der Waals surface area contributed by atoms with E-state index in [-0.39, 0.29) is 24.3 Å². The zero-order chi connectivity index (χ0) is 27.6.